The van der Waals surface area contributed by atoms with Crippen molar-refractivity contribution in [2.45, 2.75) is 38.6 Å². The van der Waals surface area contributed by atoms with Gasteiger partial charge in [0.2, 0.25) is 5.95 Å². The largest absolute Gasteiger partial charge is 0.295 e. The number of anilines is 1. The zero-order chi connectivity index (χ0) is 16.5. The Bertz CT molecular complexity index is 895. The Morgan fingerprint density at radius 1 is 1.25 bits per heavy atom. The highest BCUT2D eigenvalue weighted by Crippen LogP contribution is 2.38. The molecule has 1 N–H and O–H groups in total. The fourth-order valence-electron chi connectivity index (χ4n) is 3.30. The molecule has 5 nitrogen and oxygen atoms in total. The third-order valence-corrected chi connectivity index (χ3v) is 4.80. The fourth-order valence-corrected chi connectivity index (χ4v) is 3.30. The summed E-state index contributed by atoms with van der Waals surface area (Å²) in [6, 6.07) is 11.7. The molecule has 2 aromatic heterocycles. The highest BCUT2D eigenvalue weighted by molar-refractivity contribution is 6.05. The van der Waals surface area contributed by atoms with Crippen molar-refractivity contribution in [3.05, 3.63) is 53.7 Å². The third kappa shape index (κ3) is 2.46. The number of benzene rings is 1. The van der Waals surface area contributed by atoms with Crippen molar-refractivity contribution < 1.29 is 4.79 Å². The van der Waals surface area contributed by atoms with E-state index in [1.807, 2.05) is 41.8 Å². The maximum absolute atomic E-state index is 12.8. The zero-order valence-corrected chi connectivity index (χ0v) is 13.7. The van der Waals surface area contributed by atoms with Gasteiger partial charge in [0.05, 0.1) is 0 Å². The molecule has 0 radical (unpaired) electrons. The van der Waals surface area contributed by atoms with Crippen LogP contribution in [0.4, 0.5) is 5.95 Å². The number of carbonyl (C=O) groups is 1. The molecule has 0 unspecified atom stereocenters. The van der Waals surface area contributed by atoms with Crippen molar-refractivity contribution in [3.8, 4) is 0 Å². The quantitative estimate of drug-likeness (QED) is 0.791. The van der Waals surface area contributed by atoms with Crippen molar-refractivity contribution in [2.75, 3.05) is 5.32 Å². The van der Waals surface area contributed by atoms with E-state index < -0.39 is 0 Å². The Balaban J connectivity index is 1.68. The van der Waals surface area contributed by atoms with E-state index in [4.69, 9.17) is 0 Å². The van der Waals surface area contributed by atoms with Gasteiger partial charge in [0.25, 0.3) is 5.91 Å². The minimum Gasteiger partial charge on any atom is -0.295 e. The third-order valence-electron chi connectivity index (χ3n) is 4.80. The molecule has 0 bridgehead atoms. The van der Waals surface area contributed by atoms with E-state index >= 15 is 0 Å². The van der Waals surface area contributed by atoms with E-state index in [2.05, 4.69) is 21.4 Å². The lowest BCUT2D eigenvalue weighted by Gasteiger charge is -2.27. The molecular weight excluding hydrogens is 300 g/mol. The minimum atomic E-state index is -0.0949. The molecule has 0 aliphatic heterocycles. The normalized spacial score (nSPS) is 14.5. The van der Waals surface area contributed by atoms with Gasteiger partial charge in [-0.3, -0.25) is 14.7 Å². The van der Waals surface area contributed by atoms with Gasteiger partial charge in [-0.2, -0.15) is 0 Å². The van der Waals surface area contributed by atoms with Crippen LogP contribution in [0, 0.1) is 0 Å². The molecule has 1 aliphatic carbocycles. The molecule has 1 amide bonds. The van der Waals surface area contributed by atoms with E-state index in [1.54, 1.807) is 6.20 Å². The summed E-state index contributed by atoms with van der Waals surface area (Å²) in [5.74, 6) is 0.973. The first kappa shape index (κ1) is 14.9. The smallest absolute Gasteiger partial charge is 0.258 e. The van der Waals surface area contributed by atoms with E-state index in [1.165, 1.54) is 19.3 Å². The van der Waals surface area contributed by atoms with Crippen LogP contribution >= 0.6 is 0 Å². The molecule has 1 fully saturated rings. The summed E-state index contributed by atoms with van der Waals surface area (Å²) in [6.07, 6.45) is 5.33. The van der Waals surface area contributed by atoms with Crippen LogP contribution in [0.1, 0.15) is 48.0 Å². The lowest BCUT2D eigenvalue weighted by molar-refractivity contribution is 0.102. The molecule has 1 aromatic carbocycles. The van der Waals surface area contributed by atoms with Crippen molar-refractivity contribution >= 4 is 23.0 Å². The Morgan fingerprint density at radius 3 is 2.83 bits per heavy atom. The molecule has 24 heavy (non-hydrogen) atoms. The van der Waals surface area contributed by atoms with E-state index in [0.717, 1.165) is 22.3 Å². The Labute approximate surface area is 140 Å². The van der Waals surface area contributed by atoms with Crippen molar-refractivity contribution in [2.24, 2.45) is 0 Å². The number of aryl methyl sites for hydroxylation is 1. The first-order valence-corrected chi connectivity index (χ1v) is 8.49. The number of nitrogens with one attached hydrogen (secondary N) is 1. The van der Waals surface area contributed by atoms with Gasteiger partial charge in [-0.25, -0.2) is 9.97 Å². The van der Waals surface area contributed by atoms with E-state index in [0.29, 0.717) is 18.4 Å². The van der Waals surface area contributed by atoms with Crippen LogP contribution < -0.4 is 5.32 Å². The number of aromatic nitrogens is 3. The molecule has 5 heteroatoms. The molecule has 0 atom stereocenters. The monoisotopic (exact) mass is 320 g/mol. The van der Waals surface area contributed by atoms with Crippen LogP contribution in [-0.2, 0) is 6.54 Å². The van der Waals surface area contributed by atoms with Crippen LogP contribution in [0.15, 0.2) is 42.6 Å². The van der Waals surface area contributed by atoms with Gasteiger partial charge < -0.3 is 0 Å². The van der Waals surface area contributed by atoms with Crippen molar-refractivity contribution in [1.29, 1.82) is 0 Å². The van der Waals surface area contributed by atoms with Gasteiger partial charge in [0, 0.05) is 18.3 Å². The van der Waals surface area contributed by atoms with Crippen molar-refractivity contribution in [1.82, 2.24) is 14.5 Å². The second-order valence-corrected chi connectivity index (χ2v) is 6.20. The SMILES string of the molecule is CCn1c(NC(=O)c2ccccc2C2CCC2)nc2cccnc21. The Kier molecular flexibility index (Phi) is 3.76. The number of pyridine rings is 1. The zero-order valence-electron chi connectivity index (χ0n) is 13.7. The predicted octanol–water partition coefficient (Wildman–Crippen LogP) is 3.97. The molecular formula is C19H20N4O. The van der Waals surface area contributed by atoms with Gasteiger partial charge in [0.15, 0.2) is 5.65 Å². The number of carbonyl (C=O) groups excluding carboxylic acids is 1. The number of imidazole rings is 1. The fraction of sp³-hybridized carbons (Fsp3) is 0.316. The topological polar surface area (TPSA) is 59.8 Å². The molecule has 3 aromatic rings. The molecule has 2 heterocycles. The summed E-state index contributed by atoms with van der Waals surface area (Å²) in [4.78, 5) is 21.7. The van der Waals surface area contributed by atoms with Crippen LogP contribution in [0.5, 0.6) is 0 Å². The van der Waals surface area contributed by atoms with Crippen molar-refractivity contribution in [3.63, 3.8) is 0 Å². The average molecular weight is 320 g/mol. The highest BCUT2D eigenvalue weighted by atomic mass is 16.1. The number of fused-ring (bicyclic) bond motifs is 1. The predicted molar refractivity (Wildman–Crippen MR) is 94.2 cm³/mol. The summed E-state index contributed by atoms with van der Waals surface area (Å²) in [7, 11) is 0. The molecule has 4 rings (SSSR count). The van der Waals surface area contributed by atoms with Gasteiger partial charge in [-0.15, -0.1) is 0 Å². The molecule has 0 spiro atoms. The minimum absolute atomic E-state index is 0.0949. The Morgan fingerprint density at radius 2 is 2.08 bits per heavy atom. The summed E-state index contributed by atoms with van der Waals surface area (Å²) in [5, 5.41) is 2.98. The van der Waals surface area contributed by atoms with E-state index in [-0.39, 0.29) is 5.91 Å². The molecule has 1 saturated carbocycles. The number of nitrogens with zero attached hydrogens (tertiary/aromatic N) is 3. The van der Waals surface area contributed by atoms with E-state index in [9.17, 15) is 4.79 Å². The van der Waals surface area contributed by atoms with Gasteiger partial charge in [-0.1, -0.05) is 24.6 Å². The molecule has 122 valence electrons. The second-order valence-electron chi connectivity index (χ2n) is 6.20. The maximum Gasteiger partial charge on any atom is 0.258 e. The molecule has 1 aliphatic rings. The summed E-state index contributed by atoms with van der Waals surface area (Å²) in [5.41, 5.74) is 3.49. The van der Waals surface area contributed by atoms with Crippen LogP contribution in [0.3, 0.4) is 0 Å². The average Bonchev–Trinajstić information content (AvgIpc) is 2.90. The summed E-state index contributed by atoms with van der Waals surface area (Å²) >= 11 is 0. The molecule has 0 saturated heterocycles. The highest BCUT2D eigenvalue weighted by Gasteiger charge is 2.25. The van der Waals surface area contributed by atoms with Gasteiger partial charge >= 0.3 is 0 Å². The van der Waals surface area contributed by atoms with Crippen LogP contribution in [-0.4, -0.2) is 20.4 Å². The first-order valence-electron chi connectivity index (χ1n) is 8.49. The van der Waals surface area contributed by atoms with Gasteiger partial charge in [-0.05, 0) is 49.4 Å². The first-order chi connectivity index (χ1) is 11.8. The second kappa shape index (κ2) is 6.07. The van der Waals surface area contributed by atoms with Gasteiger partial charge in [0.1, 0.15) is 5.52 Å². The van der Waals surface area contributed by atoms with Crippen LogP contribution in [0.25, 0.3) is 11.2 Å². The number of amides is 1. The summed E-state index contributed by atoms with van der Waals surface area (Å²) in [6.45, 7) is 2.72. The Hall–Kier alpha value is -2.69. The number of hydrogen-bond donors (Lipinski definition) is 1. The summed E-state index contributed by atoms with van der Waals surface area (Å²) < 4.78 is 1.93. The van der Waals surface area contributed by atoms with Crippen LogP contribution in [0.2, 0.25) is 0 Å². The number of hydrogen-bond acceptors (Lipinski definition) is 3. The number of rotatable bonds is 4. The maximum atomic E-state index is 12.8. The lowest BCUT2D eigenvalue weighted by atomic mass is 9.78. The lowest BCUT2D eigenvalue weighted by Crippen LogP contribution is -2.20. The standard InChI is InChI=1S/C19H20N4O/c1-2-23-17-16(11-6-12-20-17)21-19(23)22-18(24)15-10-4-3-9-14(15)13-7-5-8-13/h3-4,6,9-13H,2,5,7-8H2,1H3,(H,21,22,24).